The number of aryl methyl sites for hydroxylation is 1. The van der Waals surface area contributed by atoms with Crippen molar-refractivity contribution in [3.05, 3.63) is 89.7 Å². The van der Waals surface area contributed by atoms with Crippen LogP contribution < -0.4 is 14.8 Å². The molecule has 4 aromatic rings. The first-order chi connectivity index (χ1) is 15.2. The molecule has 0 atom stereocenters. The second-order valence-corrected chi connectivity index (χ2v) is 7.22. The molecule has 0 aliphatic carbocycles. The van der Waals surface area contributed by atoms with Crippen molar-refractivity contribution in [1.29, 1.82) is 0 Å². The van der Waals surface area contributed by atoms with Gasteiger partial charge in [-0.1, -0.05) is 42.0 Å². The first-order valence-electron chi connectivity index (χ1n) is 10.2. The van der Waals surface area contributed by atoms with E-state index in [2.05, 4.69) is 9.88 Å². The second kappa shape index (κ2) is 9.34. The fraction of sp³-hybridized carbons (Fsp3) is 0.200. The van der Waals surface area contributed by atoms with Crippen LogP contribution in [-0.4, -0.2) is 29.2 Å². The third-order valence-corrected chi connectivity index (χ3v) is 5.10. The Morgan fingerprint density at radius 3 is 2.45 bits per heavy atom. The van der Waals surface area contributed by atoms with Crippen LogP contribution in [0.25, 0.3) is 11.0 Å². The molecule has 3 aromatic carbocycles. The van der Waals surface area contributed by atoms with E-state index in [-0.39, 0.29) is 5.91 Å². The molecule has 4 rings (SSSR count). The molecule has 1 amide bonds. The van der Waals surface area contributed by atoms with Crippen LogP contribution in [0.3, 0.4) is 0 Å². The normalized spacial score (nSPS) is 10.8. The lowest BCUT2D eigenvalue weighted by molar-refractivity contribution is 0.0949. The van der Waals surface area contributed by atoms with Gasteiger partial charge in [-0.25, -0.2) is 4.98 Å². The molecule has 31 heavy (non-hydrogen) atoms. The van der Waals surface area contributed by atoms with Crippen LogP contribution >= 0.6 is 0 Å². The smallest absolute Gasteiger partial charge is 0.251 e. The van der Waals surface area contributed by atoms with Crippen LogP contribution in [0.4, 0.5) is 0 Å². The maximum atomic E-state index is 12.5. The minimum absolute atomic E-state index is 0.121. The third kappa shape index (κ3) is 4.69. The summed E-state index contributed by atoms with van der Waals surface area (Å²) in [5, 5.41) is 2.98. The molecule has 6 nitrogen and oxygen atoms in total. The molecule has 0 aliphatic heterocycles. The first-order valence-corrected chi connectivity index (χ1v) is 10.2. The minimum Gasteiger partial charge on any atom is -0.493 e. The molecular formula is C25H25N3O3. The summed E-state index contributed by atoms with van der Waals surface area (Å²) in [6, 6.07) is 23.0. The van der Waals surface area contributed by atoms with E-state index in [4.69, 9.17) is 14.5 Å². The quantitative estimate of drug-likeness (QED) is 0.464. The number of aromatic nitrogens is 2. The maximum absolute atomic E-state index is 12.5. The zero-order valence-corrected chi connectivity index (χ0v) is 17.7. The summed E-state index contributed by atoms with van der Waals surface area (Å²) < 4.78 is 13.4. The Morgan fingerprint density at radius 2 is 1.68 bits per heavy atom. The van der Waals surface area contributed by atoms with Crippen LogP contribution in [-0.2, 0) is 13.1 Å². The number of nitrogens with one attached hydrogen (secondary N) is 1. The van der Waals surface area contributed by atoms with E-state index in [1.54, 1.807) is 7.11 Å². The summed E-state index contributed by atoms with van der Waals surface area (Å²) in [7, 11) is 1.63. The molecule has 158 valence electrons. The minimum atomic E-state index is -0.121. The van der Waals surface area contributed by atoms with E-state index in [1.807, 2.05) is 79.7 Å². The van der Waals surface area contributed by atoms with Crippen molar-refractivity contribution in [1.82, 2.24) is 14.9 Å². The number of hydrogen-bond acceptors (Lipinski definition) is 4. The number of benzene rings is 3. The monoisotopic (exact) mass is 415 g/mol. The van der Waals surface area contributed by atoms with Crippen molar-refractivity contribution in [2.45, 2.75) is 20.0 Å². The largest absolute Gasteiger partial charge is 0.493 e. The number of amides is 1. The standard InChI is InChI=1S/C25H25N3O3/c1-18-11-13-19(14-12-18)25(29)26-17-24-27-20-7-3-4-8-21(20)28(24)15-16-31-23-10-6-5-9-22(23)30-2/h3-14H,15-17H2,1-2H3,(H,26,29). The number of hydrogen-bond donors (Lipinski definition) is 1. The van der Waals surface area contributed by atoms with E-state index in [0.29, 0.717) is 36.8 Å². The topological polar surface area (TPSA) is 65.4 Å². The lowest BCUT2D eigenvalue weighted by Gasteiger charge is -2.13. The van der Waals surface area contributed by atoms with Gasteiger partial charge in [0.25, 0.3) is 5.91 Å². The molecule has 0 bridgehead atoms. The summed E-state index contributed by atoms with van der Waals surface area (Å²) in [4.78, 5) is 17.3. The van der Waals surface area contributed by atoms with Crippen LogP contribution in [0, 0.1) is 6.92 Å². The van der Waals surface area contributed by atoms with Crippen molar-refractivity contribution in [2.24, 2.45) is 0 Å². The number of ether oxygens (including phenoxy) is 2. The van der Waals surface area contributed by atoms with Crippen LogP contribution in [0.5, 0.6) is 11.5 Å². The number of fused-ring (bicyclic) bond motifs is 1. The van der Waals surface area contributed by atoms with E-state index in [0.717, 1.165) is 22.4 Å². The highest BCUT2D eigenvalue weighted by molar-refractivity contribution is 5.94. The van der Waals surface area contributed by atoms with Crippen molar-refractivity contribution < 1.29 is 14.3 Å². The number of methoxy groups -OCH3 is 1. The van der Waals surface area contributed by atoms with Gasteiger partial charge >= 0.3 is 0 Å². The van der Waals surface area contributed by atoms with Gasteiger partial charge < -0.3 is 19.4 Å². The van der Waals surface area contributed by atoms with Crippen molar-refractivity contribution in [3.8, 4) is 11.5 Å². The molecule has 0 aliphatic rings. The van der Waals surface area contributed by atoms with E-state index in [9.17, 15) is 4.79 Å². The van der Waals surface area contributed by atoms with Gasteiger partial charge in [0.2, 0.25) is 0 Å². The predicted molar refractivity (Wildman–Crippen MR) is 121 cm³/mol. The molecule has 0 radical (unpaired) electrons. The van der Waals surface area contributed by atoms with E-state index in [1.165, 1.54) is 0 Å². The molecule has 6 heteroatoms. The summed E-state index contributed by atoms with van der Waals surface area (Å²) in [6.07, 6.45) is 0. The van der Waals surface area contributed by atoms with Gasteiger partial charge in [-0.15, -0.1) is 0 Å². The molecule has 0 unspecified atom stereocenters. The third-order valence-electron chi connectivity index (χ3n) is 5.10. The summed E-state index contributed by atoms with van der Waals surface area (Å²) >= 11 is 0. The Labute approximate surface area is 181 Å². The van der Waals surface area contributed by atoms with E-state index >= 15 is 0 Å². The molecular weight excluding hydrogens is 390 g/mol. The zero-order chi connectivity index (χ0) is 21.6. The van der Waals surface area contributed by atoms with Crippen molar-refractivity contribution >= 4 is 16.9 Å². The number of imidazole rings is 1. The molecule has 0 fully saturated rings. The Balaban J connectivity index is 1.49. The molecule has 1 aromatic heterocycles. The predicted octanol–water partition coefficient (Wildman–Crippen LogP) is 4.36. The van der Waals surface area contributed by atoms with Gasteiger partial charge in [0.05, 0.1) is 31.2 Å². The fourth-order valence-corrected chi connectivity index (χ4v) is 3.46. The van der Waals surface area contributed by atoms with Crippen LogP contribution in [0.2, 0.25) is 0 Å². The Morgan fingerprint density at radius 1 is 0.968 bits per heavy atom. The SMILES string of the molecule is COc1ccccc1OCCn1c(CNC(=O)c2ccc(C)cc2)nc2ccccc21. The number of nitrogens with zero attached hydrogens (tertiary/aromatic N) is 2. The van der Waals surface area contributed by atoms with Crippen molar-refractivity contribution in [3.63, 3.8) is 0 Å². The molecule has 0 saturated carbocycles. The zero-order valence-electron chi connectivity index (χ0n) is 17.7. The maximum Gasteiger partial charge on any atom is 0.251 e. The number of para-hydroxylation sites is 4. The van der Waals surface area contributed by atoms with Gasteiger partial charge in [0.15, 0.2) is 11.5 Å². The molecule has 1 N–H and O–H groups in total. The van der Waals surface area contributed by atoms with E-state index < -0.39 is 0 Å². The average molecular weight is 415 g/mol. The highest BCUT2D eigenvalue weighted by Gasteiger charge is 2.13. The molecule has 1 heterocycles. The summed E-state index contributed by atoms with van der Waals surface area (Å²) in [5.41, 5.74) is 3.64. The Bertz CT molecular complexity index is 1180. The summed E-state index contributed by atoms with van der Waals surface area (Å²) in [5.74, 6) is 2.06. The molecule has 0 saturated heterocycles. The van der Waals surface area contributed by atoms with Crippen LogP contribution in [0.1, 0.15) is 21.7 Å². The van der Waals surface area contributed by atoms with Crippen molar-refractivity contribution in [2.75, 3.05) is 13.7 Å². The van der Waals surface area contributed by atoms with Gasteiger partial charge in [-0.05, 0) is 43.3 Å². The second-order valence-electron chi connectivity index (χ2n) is 7.22. The average Bonchev–Trinajstić information content (AvgIpc) is 3.16. The highest BCUT2D eigenvalue weighted by Crippen LogP contribution is 2.26. The van der Waals surface area contributed by atoms with Gasteiger partial charge in [-0.3, -0.25) is 4.79 Å². The Kier molecular flexibility index (Phi) is 6.17. The first kappa shape index (κ1) is 20.5. The van der Waals surface area contributed by atoms with Gasteiger partial charge in [-0.2, -0.15) is 0 Å². The molecule has 0 spiro atoms. The van der Waals surface area contributed by atoms with Crippen LogP contribution in [0.15, 0.2) is 72.8 Å². The lowest BCUT2D eigenvalue weighted by Crippen LogP contribution is -2.25. The Hall–Kier alpha value is -3.80. The fourth-order valence-electron chi connectivity index (χ4n) is 3.46. The lowest BCUT2D eigenvalue weighted by atomic mass is 10.1. The highest BCUT2D eigenvalue weighted by atomic mass is 16.5. The number of carbonyl (C=O) groups excluding carboxylic acids is 1. The number of carbonyl (C=O) groups is 1. The van der Waals surface area contributed by atoms with Gasteiger partial charge in [0, 0.05) is 5.56 Å². The van der Waals surface area contributed by atoms with Gasteiger partial charge in [0.1, 0.15) is 12.4 Å². The number of rotatable bonds is 8. The summed E-state index contributed by atoms with van der Waals surface area (Å²) in [6.45, 7) is 3.36.